The second-order valence-corrected chi connectivity index (χ2v) is 7.01. The maximum Gasteiger partial charge on any atom is 0.257 e. The van der Waals surface area contributed by atoms with E-state index in [1.165, 1.54) is 6.92 Å². The van der Waals surface area contributed by atoms with Crippen LogP contribution < -0.4 is 16.0 Å². The fraction of sp³-hybridized carbons (Fsp3) is 0.208. The maximum atomic E-state index is 12.8. The smallest absolute Gasteiger partial charge is 0.257 e. The number of hydrogen-bond donors (Lipinski definition) is 3. The van der Waals surface area contributed by atoms with Crippen LogP contribution in [0.15, 0.2) is 66.9 Å². The van der Waals surface area contributed by atoms with Gasteiger partial charge in [0.1, 0.15) is 5.82 Å². The highest BCUT2D eigenvalue weighted by Gasteiger charge is 2.13. The summed E-state index contributed by atoms with van der Waals surface area (Å²) in [5.74, 6) is 0.286. The van der Waals surface area contributed by atoms with Gasteiger partial charge in [0, 0.05) is 38.3 Å². The zero-order valence-electron chi connectivity index (χ0n) is 17.2. The molecule has 0 saturated carbocycles. The molecule has 6 nitrogen and oxygen atoms in total. The second-order valence-electron chi connectivity index (χ2n) is 7.01. The highest BCUT2D eigenvalue weighted by molar-refractivity contribution is 6.05. The largest absolute Gasteiger partial charge is 0.355 e. The summed E-state index contributed by atoms with van der Waals surface area (Å²) in [6, 6.07) is 19.5. The summed E-state index contributed by atoms with van der Waals surface area (Å²) in [6.07, 6.45) is 1.73. The molecule has 0 bridgehead atoms. The number of benzene rings is 2. The molecular formula is C24H26N4O2. The summed E-state index contributed by atoms with van der Waals surface area (Å²) in [4.78, 5) is 28.0. The van der Waals surface area contributed by atoms with Crippen molar-refractivity contribution in [1.82, 2.24) is 15.6 Å². The Kier molecular flexibility index (Phi) is 7.29. The van der Waals surface area contributed by atoms with Gasteiger partial charge in [-0.1, -0.05) is 48.5 Å². The first-order valence-electron chi connectivity index (χ1n) is 9.91. The first kappa shape index (κ1) is 21.2. The van der Waals surface area contributed by atoms with Gasteiger partial charge >= 0.3 is 0 Å². The van der Waals surface area contributed by atoms with Crippen LogP contribution in [-0.4, -0.2) is 29.9 Å². The average molecular weight is 402 g/mol. The molecule has 0 atom stereocenters. The van der Waals surface area contributed by atoms with Crippen molar-refractivity contribution in [3.8, 4) is 11.1 Å². The summed E-state index contributed by atoms with van der Waals surface area (Å²) in [6.45, 7) is 5.35. The number of amides is 2. The van der Waals surface area contributed by atoms with Gasteiger partial charge in [0.2, 0.25) is 5.91 Å². The molecule has 0 fully saturated rings. The predicted octanol–water partition coefficient (Wildman–Crippen LogP) is 3.54. The van der Waals surface area contributed by atoms with Crippen LogP contribution in [0.3, 0.4) is 0 Å². The van der Waals surface area contributed by atoms with Crippen LogP contribution in [0.25, 0.3) is 11.1 Å². The van der Waals surface area contributed by atoms with Gasteiger partial charge < -0.3 is 16.0 Å². The molecule has 2 aromatic carbocycles. The van der Waals surface area contributed by atoms with Gasteiger partial charge in [0.25, 0.3) is 5.91 Å². The van der Waals surface area contributed by atoms with Gasteiger partial charge in [-0.25, -0.2) is 4.98 Å². The number of hydrogen-bond acceptors (Lipinski definition) is 4. The number of pyridine rings is 1. The topological polar surface area (TPSA) is 83.1 Å². The fourth-order valence-electron chi connectivity index (χ4n) is 3.16. The second kappa shape index (κ2) is 10.3. The van der Waals surface area contributed by atoms with E-state index >= 15 is 0 Å². The highest BCUT2D eigenvalue weighted by atomic mass is 16.2. The molecule has 154 valence electrons. The van der Waals surface area contributed by atoms with Crippen LogP contribution in [0.5, 0.6) is 0 Å². The van der Waals surface area contributed by atoms with E-state index in [1.54, 1.807) is 12.3 Å². The monoisotopic (exact) mass is 402 g/mol. The molecule has 0 spiro atoms. The van der Waals surface area contributed by atoms with Gasteiger partial charge in [-0.3, -0.25) is 9.59 Å². The van der Waals surface area contributed by atoms with Crippen LogP contribution in [0.4, 0.5) is 5.82 Å². The summed E-state index contributed by atoms with van der Waals surface area (Å²) in [7, 11) is 0. The third-order valence-electron chi connectivity index (χ3n) is 4.73. The fourth-order valence-corrected chi connectivity index (χ4v) is 3.16. The SMILES string of the molecule is CC(=O)NCCNCc1ccc(NC(=O)c2cccc(-c3ccccc3)c2C)nc1. The molecular weight excluding hydrogens is 376 g/mol. The minimum Gasteiger partial charge on any atom is -0.355 e. The highest BCUT2D eigenvalue weighted by Crippen LogP contribution is 2.26. The van der Waals surface area contributed by atoms with Crippen LogP contribution in [-0.2, 0) is 11.3 Å². The first-order valence-corrected chi connectivity index (χ1v) is 9.91. The van der Waals surface area contributed by atoms with Gasteiger partial charge in [0.15, 0.2) is 0 Å². The van der Waals surface area contributed by atoms with Gasteiger partial charge in [-0.15, -0.1) is 0 Å². The molecule has 0 aliphatic heterocycles. The van der Waals surface area contributed by atoms with Gasteiger partial charge in [-0.2, -0.15) is 0 Å². The molecule has 2 amide bonds. The first-order chi connectivity index (χ1) is 14.5. The van der Waals surface area contributed by atoms with Crippen molar-refractivity contribution in [3.05, 3.63) is 83.6 Å². The average Bonchev–Trinajstić information content (AvgIpc) is 2.75. The zero-order valence-corrected chi connectivity index (χ0v) is 17.2. The quantitative estimate of drug-likeness (QED) is 0.503. The lowest BCUT2D eigenvalue weighted by Crippen LogP contribution is -2.29. The van der Waals surface area contributed by atoms with Crippen LogP contribution in [0, 0.1) is 6.92 Å². The van der Waals surface area contributed by atoms with Crippen molar-refractivity contribution < 1.29 is 9.59 Å². The van der Waals surface area contributed by atoms with E-state index in [9.17, 15) is 9.59 Å². The van der Waals surface area contributed by atoms with E-state index < -0.39 is 0 Å². The predicted molar refractivity (Wildman–Crippen MR) is 119 cm³/mol. The molecule has 3 rings (SSSR count). The standard InChI is InChI=1S/C24H26N4O2/c1-17-21(20-7-4-3-5-8-20)9-6-10-22(17)24(30)28-23-12-11-19(16-27-23)15-25-13-14-26-18(2)29/h3-12,16,25H,13-15H2,1-2H3,(H,26,29)(H,27,28,30). The number of nitrogens with zero attached hydrogens (tertiary/aromatic N) is 1. The zero-order chi connectivity index (χ0) is 21.3. The normalized spacial score (nSPS) is 10.5. The third-order valence-corrected chi connectivity index (χ3v) is 4.73. The molecule has 1 heterocycles. The third kappa shape index (κ3) is 5.75. The van der Waals surface area contributed by atoms with E-state index in [1.807, 2.05) is 61.5 Å². The Balaban J connectivity index is 1.60. The van der Waals surface area contributed by atoms with E-state index in [4.69, 9.17) is 0 Å². The van der Waals surface area contributed by atoms with Crippen molar-refractivity contribution in [1.29, 1.82) is 0 Å². The molecule has 30 heavy (non-hydrogen) atoms. The Labute approximate surface area is 176 Å². The van der Waals surface area contributed by atoms with Gasteiger partial charge in [-0.05, 0) is 41.3 Å². The number of rotatable bonds is 8. The summed E-state index contributed by atoms with van der Waals surface area (Å²) in [5.41, 5.74) is 4.68. The molecule has 0 unspecified atom stereocenters. The molecule has 0 saturated heterocycles. The van der Waals surface area contributed by atoms with E-state index in [0.29, 0.717) is 31.0 Å². The van der Waals surface area contributed by atoms with Gasteiger partial charge in [0.05, 0.1) is 0 Å². The minimum atomic E-state index is -0.182. The number of aromatic nitrogens is 1. The van der Waals surface area contributed by atoms with Crippen molar-refractivity contribution in [3.63, 3.8) is 0 Å². The number of carbonyl (C=O) groups is 2. The molecule has 3 N–H and O–H groups in total. The Morgan fingerprint density at radius 3 is 2.43 bits per heavy atom. The van der Waals surface area contributed by atoms with Crippen LogP contribution in [0.1, 0.15) is 28.4 Å². The number of nitrogens with one attached hydrogen (secondary N) is 3. The van der Waals surface area contributed by atoms with Crippen molar-refractivity contribution >= 4 is 17.6 Å². The van der Waals surface area contributed by atoms with E-state index in [2.05, 4.69) is 20.9 Å². The summed E-state index contributed by atoms with van der Waals surface area (Å²) >= 11 is 0. The maximum absolute atomic E-state index is 12.8. The van der Waals surface area contributed by atoms with Crippen molar-refractivity contribution in [2.45, 2.75) is 20.4 Å². The Bertz CT molecular complexity index is 1000. The lowest BCUT2D eigenvalue weighted by atomic mass is 9.96. The van der Waals surface area contributed by atoms with E-state index in [0.717, 1.165) is 22.3 Å². The summed E-state index contributed by atoms with van der Waals surface area (Å²) < 4.78 is 0. The molecule has 0 radical (unpaired) electrons. The molecule has 0 aliphatic carbocycles. The van der Waals surface area contributed by atoms with Crippen molar-refractivity contribution in [2.24, 2.45) is 0 Å². The Hall–Kier alpha value is -3.51. The molecule has 6 heteroatoms. The molecule has 0 aliphatic rings. The number of anilines is 1. The minimum absolute atomic E-state index is 0.0388. The number of carbonyl (C=O) groups excluding carboxylic acids is 2. The summed E-state index contributed by atoms with van der Waals surface area (Å²) in [5, 5.41) is 8.84. The molecule has 3 aromatic rings. The van der Waals surface area contributed by atoms with Crippen LogP contribution in [0.2, 0.25) is 0 Å². The lowest BCUT2D eigenvalue weighted by molar-refractivity contribution is -0.118. The Morgan fingerprint density at radius 1 is 0.933 bits per heavy atom. The van der Waals surface area contributed by atoms with E-state index in [-0.39, 0.29) is 11.8 Å². The van der Waals surface area contributed by atoms with Crippen LogP contribution >= 0.6 is 0 Å². The van der Waals surface area contributed by atoms with Crippen molar-refractivity contribution in [2.75, 3.05) is 18.4 Å². The molecule has 1 aromatic heterocycles. The lowest BCUT2D eigenvalue weighted by Gasteiger charge is -2.12. The Morgan fingerprint density at radius 2 is 1.73 bits per heavy atom.